The highest BCUT2D eigenvalue weighted by molar-refractivity contribution is 5.91. The summed E-state index contributed by atoms with van der Waals surface area (Å²) < 4.78 is 11.4. The summed E-state index contributed by atoms with van der Waals surface area (Å²) in [4.78, 5) is 13.5. The van der Waals surface area contributed by atoms with Crippen LogP contribution in [0.15, 0.2) is 18.2 Å². The van der Waals surface area contributed by atoms with Crippen molar-refractivity contribution in [1.82, 2.24) is 0 Å². The van der Waals surface area contributed by atoms with Crippen molar-refractivity contribution in [2.45, 2.75) is 32.5 Å². The SMILES string of the molecule is Cc1ccc(NC(=O)C[NH+]2CCC3(CC2)OCCO3)cc1C. The molecule has 5 heteroatoms. The Kier molecular flexibility index (Phi) is 4.47. The molecule has 1 spiro atoms. The predicted octanol–water partition coefficient (Wildman–Crippen LogP) is 0.664. The molecule has 1 aromatic carbocycles. The Morgan fingerprint density at radius 1 is 1.18 bits per heavy atom. The van der Waals surface area contributed by atoms with Gasteiger partial charge in [-0.1, -0.05) is 6.07 Å². The van der Waals surface area contributed by atoms with Gasteiger partial charge in [-0.15, -0.1) is 0 Å². The lowest BCUT2D eigenvalue weighted by Crippen LogP contribution is -3.14. The normalized spacial score (nSPS) is 21.2. The van der Waals surface area contributed by atoms with E-state index in [1.54, 1.807) is 0 Å². The van der Waals surface area contributed by atoms with Crippen molar-refractivity contribution >= 4 is 11.6 Å². The van der Waals surface area contributed by atoms with Crippen LogP contribution in [0.4, 0.5) is 5.69 Å². The van der Waals surface area contributed by atoms with E-state index in [1.807, 2.05) is 18.2 Å². The van der Waals surface area contributed by atoms with Gasteiger partial charge < -0.3 is 19.7 Å². The monoisotopic (exact) mass is 305 g/mol. The number of piperidine rings is 1. The van der Waals surface area contributed by atoms with Crippen molar-refractivity contribution in [2.24, 2.45) is 0 Å². The van der Waals surface area contributed by atoms with Crippen molar-refractivity contribution in [3.63, 3.8) is 0 Å². The molecular formula is C17H25N2O3+. The number of ether oxygens (including phenoxy) is 2. The van der Waals surface area contributed by atoms with Gasteiger partial charge in [-0.3, -0.25) is 4.79 Å². The van der Waals surface area contributed by atoms with Crippen LogP contribution in [0.1, 0.15) is 24.0 Å². The molecule has 2 N–H and O–H groups in total. The number of rotatable bonds is 3. The summed E-state index contributed by atoms with van der Waals surface area (Å²) >= 11 is 0. The first-order valence-electron chi connectivity index (χ1n) is 8.05. The van der Waals surface area contributed by atoms with Crippen molar-refractivity contribution in [1.29, 1.82) is 0 Å². The minimum absolute atomic E-state index is 0.0717. The summed E-state index contributed by atoms with van der Waals surface area (Å²) in [6.45, 7) is 7.86. The molecule has 2 fully saturated rings. The van der Waals surface area contributed by atoms with Gasteiger partial charge in [0.2, 0.25) is 0 Å². The Bertz CT molecular complexity index is 543. The highest BCUT2D eigenvalue weighted by atomic mass is 16.7. The van der Waals surface area contributed by atoms with E-state index in [1.165, 1.54) is 16.0 Å². The molecule has 0 atom stereocenters. The number of nitrogens with one attached hydrogen (secondary N) is 2. The fourth-order valence-electron chi connectivity index (χ4n) is 3.20. The van der Waals surface area contributed by atoms with Crippen LogP contribution in [0.25, 0.3) is 0 Å². The van der Waals surface area contributed by atoms with Gasteiger partial charge in [0.15, 0.2) is 12.3 Å². The molecule has 2 aliphatic heterocycles. The van der Waals surface area contributed by atoms with E-state index in [-0.39, 0.29) is 11.7 Å². The fraction of sp³-hybridized carbons (Fsp3) is 0.588. The predicted molar refractivity (Wildman–Crippen MR) is 84.0 cm³/mol. The van der Waals surface area contributed by atoms with Crippen LogP contribution in [-0.2, 0) is 14.3 Å². The van der Waals surface area contributed by atoms with Gasteiger partial charge in [-0.25, -0.2) is 0 Å². The zero-order chi connectivity index (χ0) is 15.6. The standard InChI is InChI=1S/C17H24N2O3/c1-13-3-4-15(11-14(13)2)18-16(20)12-19-7-5-17(6-8-19)21-9-10-22-17/h3-4,11H,5-10,12H2,1-2H3,(H,18,20)/p+1. The summed E-state index contributed by atoms with van der Waals surface area (Å²) in [7, 11) is 0. The highest BCUT2D eigenvalue weighted by Crippen LogP contribution is 2.27. The van der Waals surface area contributed by atoms with E-state index < -0.39 is 0 Å². The molecular weight excluding hydrogens is 280 g/mol. The molecule has 0 bridgehead atoms. The Labute approximate surface area is 131 Å². The molecule has 2 aliphatic rings. The molecule has 1 amide bonds. The van der Waals surface area contributed by atoms with Gasteiger partial charge in [0.05, 0.1) is 39.1 Å². The third-order valence-electron chi connectivity index (χ3n) is 4.73. The molecule has 0 radical (unpaired) electrons. The molecule has 120 valence electrons. The average molecular weight is 305 g/mol. The van der Waals surface area contributed by atoms with Gasteiger partial charge in [0.1, 0.15) is 0 Å². The zero-order valence-electron chi connectivity index (χ0n) is 13.4. The summed E-state index contributed by atoms with van der Waals surface area (Å²) in [5.74, 6) is -0.281. The van der Waals surface area contributed by atoms with Crippen molar-refractivity contribution < 1.29 is 19.2 Å². The lowest BCUT2D eigenvalue weighted by Gasteiger charge is -2.34. The van der Waals surface area contributed by atoms with E-state index >= 15 is 0 Å². The van der Waals surface area contributed by atoms with Crippen LogP contribution in [-0.4, -0.2) is 44.5 Å². The maximum atomic E-state index is 12.2. The van der Waals surface area contributed by atoms with Crippen molar-refractivity contribution in [3.8, 4) is 0 Å². The van der Waals surface area contributed by atoms with Gasteiger partial charge >= 0.3 is 0 Å². The number of hydrogen-bond donors (Lipinski definition) is 2. The molecule has 0 aliphatic carbocycles. The van der Waals surface area contributed by atoms with E-state index in [4.69, 9.17) is 9.47 Å². The van der Waals surface area contributed by atoms with Crippen molar-refractivity contribution in [3.05, 3.63) is 29.3 Å². The van der Waals surface area contributed by atoms with Crippen LogP contribution in [0.5, 0.6) is 0 Å². The van der Waals surface area contributed by atoms with Crippen LogP contribution in [0.2, 0.25) is 0 Å². The molecule has 0 saturated carbocycles. The Morgan fingerprint density at radius 3 is 2.50 bits per heavy atom. The molecule has 22 heavy (non-hydrogen) atoms. The number of benzene rings is 1. The van der Waals surface area contributed by atoms with E-state index in [0.29, 0.717) is 19.8 Å². The number of carbonyl (C=O) groups excluding carboxylic acids is 1. The van der Waals surface area contributed by atoms with Gasteiger partial charge in [0.25, 0.3) is 5.91 Å². The van der Waals surface area contributed by atoms with Crippen molar-refractivity contribution in [2.75, 3.05) is 38.2 Å². The lowest BCUT2D eigenvalue weighted by atomic mass is 10.0. The van der Waals surface area contributed by atoms with Gasteiger partial charge in [0, 0.05) is 5.69 Å². The Hall–Kier alpha value is -1.43. The number of amides is 1. The van der Waals surface area contributed by atoms with E-state index in [2.05, 4.69) is 19.2 Å². The van der Waals surface area contributed by atoms with E-state index in [9.17, 15) is 4.79 Å². The maximum Gasteiger partial charge on any atom is 0.279 e. The highest BCUT2D eigenvalue weighted by Gasteiger charge is 2.41. The molecule has 5 nitrogen and oxygen atoms in total. The second kappa shape index (κ2) is 6.36. The van der Waals surface area contributed by atoms with Crippen LogP contribution in [0.3, 0.4) is 0 Å². The largest absolute Gasteiger partial charge is 0.347 e. The molecule has 0 unspecified atom stereocenters. The maximum absolute atomic E-state index is 12.2. The first-order valence-corrected chi connectivity index (χ1v) is 8.05. The quantitative estimate of drug-likeness (QED) is 0.863. The number of aryl methyl sites for hydroxylation is 2. The van der Waals surface area contributed by atoms with Crippen LogP contribution < -0.4 is 10.2 Å². The van der Waals surface area contributed by atoms with E-state index in [0.717, 1.165) is 31.6 Å². The first kappa shape index (κ1) is 15.5. The smallest absolute Gasteiger partial charge is 0.279 e. The average Bonchev–Trinajstić information content (AvgIpc) is 2.94. The van der Waals surface area contributed by atoms with Crippen LogP contribution >= 0.6 is 0 Å². The number of anilines is 1. The minimum atomic E-state index is -0.353. The Morgan fingerprint density at radius 2 is 1.86 bits per heavy atom. The Balaban J connectivity index is 1.49. The third kappa shape index (κ3) is 3.48. The number of quaternary nitrogens is 1. The first-order chi connectivity index (χ1) is 10.6. The zero-order valence-corrected chi connectivity index (χ0v) is 13.4. The topological polar surface area (TPSA) is 52.0 Å². The second-order valence-electron chi connectivity index (χ2n) is 6.38. The molecule has 0 aromatic heterocycles. The number of hydrogen-bond acceptors (Lipinski definition) is 3. The van der Waals surface area contributed by atoms with Gasteiger partial charge in [-0.2, -0.15) is 0 Å². The third-order valence-corrected chi connectivity index (χ3v) is 4.73. The fourth-order valence-corrected chi connectivity index (χ4v) is 3.20. The second-order valence-corrected chi connectivity index (χ2v) is 6.38. The summed E-state index contributed by atoms with van der Waals surface area (Å²) in [5.41, 5.74) is 3.31. The van der Waals surface area contributed by atoms with Gasteiger partial charge in [-0.05, 0) is 37.1 Å². The number of carbonyl (C=O) groups is 1. The summed E-state index contributed by atoms with van der Waals surface area (Å²) in [6.07, 6.45) is 1.75. The molecule has 3 rings (SSSR count). The van der Waals surface area contributed by atoms with Crippen LogP contribution in [0, 0.1) is 13.8 Å². The molecule has 2 saturated heterocycles. The summed E-state index contributed by atoms with van der Waals surface area (Å²) in [5, 5.41) is 3.00. The number of likely N-dealkylation sites (tertiary alicyclic amines) is 1. The molecule has 1 aromatic rings. The summed E-state index contributed by atoms with van der Waals surface area (Å²) in [6, 6.07) is 6.02. The minimum Gasteiger partial charge on any atom is -0.347 e. The molecule has 2 heterocycles. The lowest BCUT2D eigenvalue weighted by molar-refractivity contribution is -0.900.